The maximum Gasteiger partial charge on any atom is 0.283 e. The molecule has 2 aromatic rings. The molecule has 2 aromatic carbocycles. The Hall–Kier alpha value is -2.40. The van der Waals surface area contributed by atoms with E-state index in [0.717, 1.165) is 11.1 Å². The molecular formula is C16H15ClN2O3. The molecule has 0 aliphatic heterocycles. The zero-order valence-corrected chi connectivity index (χ0v) is 12.9. The SMILES string of the molecule is Cc1ccccc1[C@H](C)NC(=O)c1c(Cl)cccc1[N+](=O)[O-]. The molecule has 0 heterocycles. The minimum absolute atomic E-state index is 0.0590. The Bertz CT molecular complexity index is 731. The number of nitro benzene ring substituents is 1. The van der Waals surface area contributed by atoms with Crippen molar-refractivity contribution in [1.82, 2.24) is 5.32 Å². The van der Waals surface area contributed by atoms with E-state index < -0.39 is 10.8 Å². The van der Waals surface area contributed by atoms with Gasteiger partial charge in [-0.05, 0) is 31.0 Å². The van der Waals surface area contributed by atoms with Gasteiger partial charge in [-0.3, -0.25) is 14.9 Å². The highest BCUT2D eigenvalue weighted by atomic mass is 35.5. The van der Waals surface area contributed by atoms with E-state index in [-0.39, 0.29) is 22.3 Å². The normalized spacial score (nSPS) is 11.8. The second kappa shape index (κ2) is 6.58. The molecule has 0 aromatic heterocycles. The number of halogens is 1. The molecule has 1 N–H and O–H groups in total. The molecule has 0 bridgehead atoms. The number of hydrogen-bond acceptors (Lipinski definition) is 3. The Balaban J connectivity index is 2.31. The summed E-state index contributed by atoms with van der Waals surface area (Å²) in [7, 11) is 0. The van der Waals surface area contributed by atoms with Crippen LogP contribution in [0, 0.1) is 17.0 Å². The second-order valence-corrected chi connectivity index (χ2v) is 5.35. The first kappa shape index (κ1) is 16.0. The summed E-state index contributed by atoms with van der Waals surface area (Å²) < 4.78 is 0. The summed E-state index contributed by atoms with van der Waals surface area (Å²) in [5.41, 5.74) is 1.56. The van der Waals surface area contributed by atoms with E-state index in [1.807, 2.05) is 38.1 Å². The Morgan fingerprint density at radius 2 is 1.91 bits per heavy atom. The molecule has 5 nitrogen and oxygen atoms in total. The van der Waals surface area contributed by atoms with Crippen LogP contribution >= 0.6 is 11.6 Å². The zero-order chi connectivity index (χ0) is 16.3. The van der Waals surface area contributed by atoms with Gasteiger partial charge in [0.05, 0.1) is 16.0 Å². The standard InChI is InChI=1S/C16H15ClN2O3/c1-10-6-3-4-7-12(10)11(2)18-16(20)15-13(17)8-5-9-14(15)19(21)22/h3-9,11H,1-2H3,(H,18,20)/t11-/m0/s1. The third kappa shape index (κ3) is 3.26. The highest BCUT2D eigenvalue weighted by Crippen LogP contribution is 2.27. The van der Waals surface area contributed by atoms with Gasteiger partial charge in [0.2, 0.25) is 0 Å². The van der Waals surface area contributed by atoms with Crippen molar-refractivity contribution in [3.8, 4) is 0 Å². The minimum Gasteiger partial charge on any atom is -0.345 e. The minimum atomic E-state index is -0.612. The van der Waals surface area contributed by atoms with Crippen LogP contribution in [-0.2, 0) is 0 Å². The van der Waals surface area contributed by atoms with Gasteiger partial charge in [-0.25, -0.2) is 0 Å². The van der Waals surface area contributed by atoms with Gasteiger partial charge in [-0.1, -0.05) is 41.9 Å². The van der Waals surface area contributed by atoms with Gasteiger partial charge in [0, 0.05) is 6.07 Å². The van der Waals surface area contributed by atoms with Crippen molar-refractivity contribution in [2.75, 3.05) is 0 Å². The number of benzene rings is 2. The van der Waals surface area contributed by atoms with Gasteiger partial charge in [-0.15, -0.1) is 0 Å². The summed E-state index contributed by atoms with van der Waals surface area (Å²) in [5, 5.41) is 13.9. The molecule has 6 heteroatoms. The van der Waals surface area contributed by atoms with Crippen LogP contribution in [0.4, 0.5) is 5.69 Å². The van der Waals surface area contributed by atoms with E-state index >= 15 is 0 Å². The summed E-state index contributed by atoms with van der Waals surface area (Å²) in [4.78, 5) is 22.8. The average molecular weight is 319 g/mol. The molecule has 0 saturated carbocycles. The third-order valence-corrected chi connectivity index (χ3v) is 3.73. The average Bonchev–Trinajstić information content (AvgIpc) is 2.46. The number of rotatable bonds is 4. The fraction of sp³-hybridized carbons (Fsp3) is 0.188. The van der Waals surface area contributed by atoms with Gasteiger partial charge < -0.3 is 5.32 Å². The summed E-state index contributed by atoms with van der Waals surface area (Å²) in [5.74, 6) is -0.562. The number of nitrogens with one attached hydrogen (secondary N) is 1. The number of nitro groups is 1. The number of carbonyl (C=O) groups excluding carboxylic acids is 1. The van der Waals surface area contributed by atoms with Crippen LogP contribution in [0.2, 0.25) is 5.02 Å². The lowest BCUT2D eigenvalue weighted by molar-refractivity contribution is -0.385. The number of amides is 1. The predicted octanol–water partition coefficient (Wildman–Crippen LogP) is 4.05. The Kier molecular flexibility index (Phi) is 4.78. The fourth-order valence-electron chi connectivity index (χ4n) is 2.31. The first-order valence-electron chi connectivity index (χ1n) is 6.71. The second-order valence-electron chi connectivity index (χ2n) is 4.94. The topological polar surface area (TPSA) is 72.2 Å². The lowest BCUT2D eigenvalue weighted by Crippen LogP contribution is -2.28. The first-order valence-corrected chi connectivity index (χ1v) is 7.09. The van der Waals surface area contributed by atoms with Crippen LogP contribution in [0.15, 0.2) is 42.5 Å². The molecule has 0 fully saturated rings. The van der Waals surface area contributed by atoms with Gasteiger partial charge in [-0.2, -0.15) is 0 Å². The largest absolute Gasteiger partial charge is 0.345 e. The van der Waals surface area contributed by atoms with Crippen LogP contribution in [0.25, 0.3) is 0 Å². The van der Waals surface area contributed by atoms with Crippen molar-refractivity contribution in [2.24, 2.45) is 0 Å². The van der Waals surface area contributed by atoms with E-state index in [1.54, 1.807) is 0 Å². The molecule has 0 aliphatic carbocycles. The summed E-state index contributed by atoms with van der Waals surface area (Å²) in [6, 6.07) is 11.5. The fourth-order valence-corrected chi connectivity index (χ4v) is 2.56. The molecule has 0 unspecified atom stereocenters. The number of carbonyl (C=O) groups is 1. The maximum atomic E-state index is 12.4. The van der Waals surface area contributed by atoms with E-state index in [4.69, 9.17) is 11.6 Å². The maximum absolute atomic E-state index is 12.4. The van der Waals surface area contributed by atoms with Crippen molar-refractivity contribution in [3.05, 3.63) is 74.3 Å². The van der Waals surface area contributed by atoms with E-state index in [2.05, 4.69) is 5.32 Å². The van der Waals surface area contributed by atoms with Crippen molar-refractivity contribution < 1.29 is 9.72 Å². The Morgan fingerprint density at radius 1 is 1.23 bits per heavy atom. The van der Waals surface area contributed by atoms with Gasteiger partial charge in [0.25, 0.3) is 11.6 Å². The highest BCUT2D eigenvalue weighted by molar-refractivity contribution is 6.34. The smallest absolute Gasteiger partial charge is 0.283 e. The van der Waals surface area contributed by atoms with Gasteiger partial charge in [0.15, 0.2) is 0 Å². The quantitative estimate of drug-likeness (QED) is 0.682. The van der Waals surface area contributed by atoms with Crippen LogP contribution in [0.3, 0.4) is 0 Å². The van der Waals surface area contributed by atoms with Gasteiger partial charge in [0.1, 0.15) is 5.56 Å². The van der Waals surface area contributed by atoms with Crippen LogP contribution in [0.5, 0.6) is 0 Å². The number of nitrogens with zero attached hydrogens (tertiary/aromatic N) is 1. The van der Waals surface area contributed by atoms with Crippen LogP contribution in [0.1, 0.15) is 34.5 Å². The van der Waals surface area contributed by atoms with Crippen molar-refractivity contribution in [3.63, 3.8) is 0 Å². The van der Waals surface area contributed by atoms with E-state index in [0.29, 0.717) is 0 Å². The highest BCUT2D eigenvalue weighted by Gasteiger charge is 2.24. The number of aryl methyl sites for hydroxylation is 1. The molecule has 114 valence electrons. The molecule has 22 heavy (non-hydrogen) atoms. The van der Waals surface area contributed by atoms with Gasteiger partial charge >= 0.3 is 0 Å². The molecule has 0 saturated heterocycles. The van der Waals surface area contributed by atoms with E-state index in [1.165, 1.54) is 18.2 Å². The summed E-state index contributed by atoms with van der Waals surface area (Å²) >= 11 is 5.96. The predicted molar refractivity (Wildman–Crippen MR) is 85.2 cm³/mol. The number of hydrogen-bond donors (Lipinski definition) is 1. The van der Waals surface area contributed by atoms with E-state index in [9.17, 15) is 14.9 Å². The van der Waals surface area contributed by atoms with Crippen molar-refractivity contribution in [1.29, 1.82) is 0 Å². The van der Waals surface area contributed by atoms with Crippen molar-refractivity contribution >= 4 is 23.2 Å². The Labute approximate surface area is 133 Å². The third-order valence-electron chi connectivity index (χ3n) is 3.42. The molecular weight excluding hydrogens is 304 g/mol. The lowest BCUT2D eigenvalue weighted by atomic mass is 10.0. The zero-order valence-electron chi connectivity index (χ0n) is 12.2. The summed E-state index contributed by atoms with van der Waals surface area (Å²) in [6.45, 7) is 3.76. The Morgan fingerprint density at radius 3 is 2.55 bits per heavy atom. The lowest BCUT2D eigenvalue weighted by Gasteiger charge is -2.17. The molecule has 0 radical (unpaired) electrons. The van der Waals surface area contributed by atoms with Crippen LogP contribution in [-0.4, -0.2) is 10.8 Å². The summed E-state index contributed by atoms with van der Waals surface area (Å²) in [6.07, 6.45) is 0. The molecule has 0 spiro atoms. The van der Waals surface area contributed by atoms with Crippen molar-refractivity contribution in [2.45, 2.75) is 19.9 Å². The first-order chi connectivity index (χ1) is 10.4. The van der Waals surface area contributed by atoms with Crippen LogP contribution < -0.4 is 5.32 Å². The molecule has 0 aliphatic rings. The molecule has 1 atom stereocenters. The monoisotopic (exact) mass is 318 g/mol. The molecule has 2 rings (SSSR count). The molecule has 1 amide bonds.